The lowest BCUT2D eigenvalue weighted by Gasteiger charge is -2.18. The summed E-state index contributed by atoms with van der Waals surface area (Å²) in [5, 5.41) is 0. The summed E-state index contributed by atoms with van der Waals surface area (Å²) in [7, 11) is -4.69. The van der Waals surface area contributed by atoms with Crippen molar-refractivity contribution in [1.82, 2.24) is 0 Å². The van der Waals surface area contributed by atoms with Crippen LogP contribution in [0.4, 0.5) is 0 Å². The maximum absolute atomic E-state index is 11.8. The van der Waals surface area contributed by atoms with Crippen LogP contribution in [0, 0.1) is 0 Å². The maximum Gasteiger partial charge on any atom is 0.469 e. The number of carbonyl (C=O) groups excluding carboxylic acids is 2. The Labute approximate surface area is 149 Å². The van der Waals surface area contributed by atoms with Crippen LogP contribution in [0.25, 0.3) is 0 Å². The highest BCUT2D eigenvalue weighted by atomic mass is 31.2. The predicted octanol–water partition coefficient (Wildman–Crippen LogP) is 3.10. The normalized spacial score (nSPS) is 12.6. The number of phosphoric acid groups is 1. The fourth-order valence-corrected chi connectivity index (χ4v) is 2.35. The van der Waals surface area contributed by atoms with Crippen molar-refractivity contribution in [3.63, 3.8) is 0 Å². The summed E-state index contributed by atoms with van der Waals surface area (Å²) in [4.78, 5) is 40.8. The van der Waals surface area contributed by atoms with E-state index in [1.165, 1.54) is 0 Å². The smallest absolute Gasteiger partial charge is 0.462 e. The summed E-state index contributed by atoms with van der Waals surface area (Å²) in [6, 6.07) is 0. The molecule has 0 radical (unpaired) electrons. The molecule has 1 atom stereocenters. The van der Waals surface area contributed by atoms with Crippen molar-refractivity contribution >= 4 is 19.8 Å². The molecule has 0 aliphatic carbocycles. The van der Waals surface area contributed by atoms with Crippen LogP contribution in [0.1, 0.15) is 71.6 Å². The van der Waals surface area contributed by atoms with E-state index in [9.17, 15) is 14.2 Å². The molecule has 8 nitrogen and oxygen atoms in total. The third-order valence-corrected chi connectivity index (χ3v) is 3.86. The number of phosphoric ester groups is 1. The van der Waals surface area contributed by atoms with E-state index < -0.39 is 32.5 Å². The molecule has 0 aliphatic rings. The van der Waals surface area contributed by atoms with Gasteiger partial charge in [0.15, 0.2) is 6.10 Å². The molecule has 0 rings (SSSR count). The summed E-state index contributed by atoms with van der Waals surface area (Å²) >= 11 is 0. The van der Waals surface area contributed by atoms with Crippen molar-refractivity contribution in [1.29, 1.82) is 0 Å². The number of hydrogen-bond donors (Lipinski definition) is 2. The van der Waals surface area contributed by atoms with Gasteiger partial charge in [-0.25, -0.2) is 4.57 Å². The molecule has 25 heavy (non-hydrogen) atoms. The number of carbonyl (C=O) groups is 2. The summed E-state index contributed by atoms with van der Waals surface area (Å²) in [5.41, 5.74) is 0. The molecular formula is C16H31O8P. The molecule has 0 amide bonds. The van der Waals surface area contributed by atoms with Gasteiger partial charge < -0.3 is 19.3 Å². The summed E-state index contributed by atoms with van der Waals surface area (Å²) in [6.07, 6.45) is 5.79. The van der Waals surface area contributed by atoms with Crippen LogP contribution in [0.2, 0.25) is 0 Å². The van der Waals surface area contributed by atoms with E-state index >= 15 is 0 Å². The molecular weight excluding hydrogens is 351 g/mol. The largest absolute Gasteiger partial charge is 0.469 e. The Balaban J connectivity index is 4.29. The quantitative estimate of drug-likeness (QED) is 0.252. The van der Waals surface area contributed by atoms with Gasteiger partial charge in [0.2, 0.25) is 0 Å². The van der Waals surface area contributed by atoms with Gasteiger partial charge in [-0.2, -0.15) is 0 Å². The fourth-order valence-electron chi connectivity index (χ4n) is 1.99. The SMILES string of the molecule is CCCCCCCC(=O)OC(COC(=O)CCCC)COP(=O)(O)O. The van der Waals surface area contributed by atoms with Gasteiger partial charge in [0.25, 0.3) is 0 Å². The average molecular weight is 382 g/mol. The lowest BCUT2D eigenvalue weighted by molar-refractivity contribution is -0.161. The zero-order valence-electron chi connectivity index (χ0n) is 15.1. The van der Waals surface area contributed by atoms with Crippen LogP contribution in [-0.4, -0.2) is 41.0 Å². The standard InChI is InChI=1S/C16H31O8P/c1-3-5-7-8-9-11-16(18)24-14(13-23-25(19,20)21)12-22-15(17)10-6-4-2/h14H,3-13H2,1-2H3,(H2,19,20,21). The monoisotopic (exact) mass is 382 g/mol. The van der Waals surface area contributed by atoms with Crippen LogP contribution in [-0.2, 0) is 28.2 Å². The number of unbranched alkanes of at least 4 members (excludes halogenated alkanes) is 5. The Morgan fingerprint density at radius 3 is 2.08 bits per heavy atom. The number of esters is 2. The highest BCUT2D eigenvalue weighted by Crippen LogP contribution is 2.35. The van der Waals surface area contributed by atoms with Crippen LogP contribution >= 0.6 is 7.82 Å². The van der Waals surface area contributed by atoms with Crippen LogP contribution in [0.5, 0.6) is 0 Å². The molecule has 0 spiro atoms. The lowest BCUT2D eigenvalue weighted by Crippen LogP contribution is -2.29. The van der Waals surface area contributed by atoms with Gasteiger partial charge in [0, 0.05) is 12.8 Å². The highest BCUT2D eigenvalue weighted by Gasteiger charge is 2.22. The van der Waals surface area contributed by atoms with E-state index in [4.69, 9.17) is 19.3 Å². The third kappa shape index (κ3) is 16.3. The fraction of sp³-hybridized carbons (Fsp3) is 0.875. The van der Waals surface area contributed by atoms with E-state index in [1.807, 2.05) is 6.92 Å². The van der Waals surface area contributed by atoms with E-state index in [2.05, 4.69) is 11.4 Å². The number of ether oxygens (including phenoxy) is 2. The summed E-state index contributed by atoms with van der Waals surface area (Å²) in [6.45, 7) is 3.21. The average Bonchev–Trinajstić information content (AvgIpc) is 2.54. The Kier molecular flexibility index (Phi) is 13.7. The molecule has 0 heterocycles. The minimum Gasteiger partial charge on any atom is -0.462 e. The van der Waals surface area contributed by atoms with Crippen molar-refractivity contribution in [2.24, 2.45) is 0 Å². The predicted molar refractivity (Wildman–Crippen MR) is 91.7 cm³/mol. The Bertz CT molecular complexity index is 420. The van der Waals surface area contributed by atoms with Crippen LogP contribution < -0.4 is 0 Å². The van der Waals surface area contributed by atoms with E-state index in [1.54, 1.807) is 0 Å². The molecule has 0 aromatic heterocycles. The molecule has 0 saturated heterocycles. The number of hydrogen-bond acceptors (Lipinski definition) is 6. The van der Waals surface area contributed by atoms with Crippen molar-refractivity contribution in [2.75, 3.05) is 13.2 Å². The first kappa shape index (κ1) is 24.1. The van der Waals surface area contributed by atoms with Gasteiger partial charge in [-0.3, -0.25) is 14.1 Å². The minimum atomic E-state index is -4.69. The second-order valence-electron chi connectivity index (χ2n) is 5.85. The second kappa shape index (κ2) is 14.2. The Morgan fingerprint density at radius 2 is 1.48 bits per heavy atom. The summed E-state index contributed by atoms with van der Waals surface area (Å²) in [5.74, 6) is -0.945. The van der Waals surface area contributed by atoms with Crippen molar-refractivity contribution in [3.05, 3.63) is 0 Å². The highest BCUT2D eigenvalue weighted by molar-refractivity contribution is 7.46. The van der Waals surface area contributed by atoms with Crippen molar-refractivity contribution in [2.45, 2.75) is 77.7 Å². The van der Waals surface area contributed by atoms with E-state index in [-0.39, 0.29) is 19.4 Å². The number of rotatable bonds is 15. The van der Waals surface area contributed by atoms with E-state index in [0.29, 0.717) is 12.8 Å². The van der Waals surface area contributed by atoms with E-state index in [0.717, 1.165) is 32.1 Å². The molecule has 0 aromatic rings. The molecule has 2 N–H and O–H groups in total. The first-order valence-corrected chi connectivity index (χ1v) is 10.4. The lowest BCUT2D eigenvalue weighted by atomic mass is 10.1. The molecule has 0 fully saturated rings. The van der Waals surface area contributed by atoms with Crippen molar-refractivity contribution in [3.8, 4) is 0 Å². The van der Waals surface area contributed by atoms with Gasteiger partial charge in [-0.05, 0) is 12.8 Å². The maximum atomic E-state index is 11.8. The Hall–Kier alpha value is -0.950. The zero-order valence-corrected chi connectivity index (χ0v) is 16.0. The second-order valence-corrected chi connectivity index (χ2v) is 7.09. The molecule has 9 heteroatoms. The molecule has 0 saturated carbocycles. The van der Waals surface area contributed by atoms with Crippen molar-refractivity contribution < 1.29 is 37.9 Å². The van der Waals surface area contributed by atoms with Gasteiger partial charge in [-0.1, -0.05) is 46.0 Å². The minimum absolute atomic E-state index is 0.208. The summed E-state index contributed by atoms with van der Waals surface area (Å²) < 4.78 is 25.3. The first-order valence-electron chi connectivity index (χ1n) is 8.83. The third-order valence-electron chi connectivity index (χ3n) is 3.38. The molecule has 148 valence electrons. The van der Waals surface area contributed by atoms with Crippen LogP contribution in [0.15, 0.2) is 0 Å². The topological polar surface area (TPSA) is 119 Å². The molecule has 0 aliphatic heterocycles. The van der Waals surface area contributed by atoms with Gasteiger partial charge in [-0.15, -0.1) is 0 Å². The zero-order chi connectivity index (χ0) is 19.1. The molecule has 0 aromatic carbocycles. The van der Waals surface area contributed by atoms with Crippen LogP contribution in [0.3, 0.4) is 0 Å². The first-order chi connectivity index (χ1) is 11.8. The Morgan fingerprint density at radius 1 is 0.880 bits per heavy atom. The van der Waals surface area contributed by atoms with Gasteiger partial charge in [0.1, 0.15) is 6.61 Å². The molecule has 0 bridgehead atoms. The van der Waals surface area contributed by atoms with Gasteiger partial charge >= 0.3 is 19.8 Å². The van der Waals surface area contributed by atoms with Gasteiger partial charge in [0.05, 0.1) is 6.61 Å². The molecule has 1 unspecified atom stereocenters.